The van der Waals surface area contributed by atoms with Crippen molar-refractivity contribution >= 4 is 40.0 Å². The lowest BCUT2D eigenvalue weighted by molar-refractivity contribution is 0.414. The Morgan fingerprint density at radius 3 is 2.46 bits per heavy atom. The van der Waals surface area contributed by atoms with Crippen LogP contribution in [-0.4, -0.2) is 22.1 Å². The molecule has 0 aliphatic carbocycles. The first-order chi connectivity index (χ1) is 18.1. The van der Waals surface area contributed by atoms with Gasteiger partial charge in [0.1, 0.15) is 17.9 Å². The first kappa shape index (κ1) is 24.6. The quantitative estimate of drug-likeness (QED) is 0.212. The summed E-state index contributed by atoms with van der Waals surface area (Å²) in [5, 5.41) is 7.99. The summed E-state index contributed by atoms with van der Waals surface area (Å²) in [5.41, 5.74) is 4.89. The summed E-state index contributed by atoms with van der Waals surface area (Å²) >= 11 is 1.68. The van der Waals surface area contributed by atoms with Gasteiger partial charge in [-0.05, 0) is 66.1 Å². The first-order valence-corrected chi connectivity index (χ1v) is 13.0. The number of aromatic nitrogens is 3. The number of fused-ring (bicyclic) bond motifs is 1. The number of rotatable bonds is 9. The van der Waals surface area contributed by atoms with Gasteiger partial charge in [-0.2, -0.15) is 0 Å². The van der Waals surface area contributed by atoms with Crippen LogP contribution in [0.4, 0.5) is 17.2 Å². The predicted octanol–water partition coefficient (Wildman–Crippen LogP) is 7.66. The molecule has 2 aromatic heterocycles. The van der Waals surface area contributed by atoms with Crippen LogP contribution in [0.15, 0.2) is 101 Å². The lowest BCUT2D eigenvalue weighted by atomic mass is 10.1. The summed E-state index contributed by atoms with van der Waals surface area (Å²) in [4.78, 5) is 15.9. The third kappa shape index (κ3) is 6.01. The summed E-state index contributed by atoms with van der Waals surface area (Å²) in [5.74, 6) is 1.89. The Hall–Kier alpha value is -4.10. The topological polar surface area (TPSA) is 72.0 Å². The molecule has 186 valence electrons. The molecular formula is C30H29N5OS. The number of nitrogens with one attached hydrogen (secondary N) is 2. The van der Waals surface area contributed by atoms with Crippen LogP contribution in [0, 0.1) is 0 Å². The third-order valence-corrected chi connectivity index (χ3v) is 7.05. The van der Waals surface area contributed by atoms with E-state index in [0.29, 0.717) is 11.6 Å². The smallest absolute Gasteiger partial charge is 0.164 e. The molecule has 2 N–H and O–H groups in total. The number of anilines is 3. The fraction of sp³-hybridized carbons (Fsp3) is 0.167. The van der Waals surface area contributed by atoms with Crippen LogP contribution in [-0.2, 0) is 6.54 Å². The van der Waals surface area contributed by atoms with Crippen molar-refractivity contribution in [3.63, 3.8) is 0 Å². The lowest BCUT2D eigenvalue weighted by Crippen LogP contribution is -2.02. The minimum absolute atomic E-state index is 0.329. The molecule has 0 radical (unpaired) electrons. The zero-order chi connectivity index (χ0) is 25.6. The van der Waals surface area contributed by atoms with E-state index in [1.807, 2.05) is 30.3 Å². The van der Waals surface area contributed by atoms with Crippen molar-refractivity contribution in [2.45, 2.75) is 36.1 Å². The van der Waals surface area contributed by atoms with Gasteiger partial charge in [-0.3, -0.25) is 0 Å². The molecule has 0 fully saturated rings. The molecule has 0 amide bonds. The number of methoxy groups -OCH3 is 1. The Bertz CT molecular complexity index is 1490. The lowest BCUT2D eigenvalue weighted by Gasteiger charge is -2.16. The van der Waals surface area contributed by atoms with Gasteiger partial charge in [0, 0.05) is 27.7 Å². The number of nitrogens with zero attached hydrogens (tertiary/aromatic N) is 3. The molecule has 5 rings (SSSR count). The third-order valence-electron chi connectivity index (χ3n) is 5.97. The highest BCUT2D eigenvalue weighted by atomic mass is 32.2. The average molecular weight is 508 g/mol. The maximum Gasteiger partial charge on any atom is 0.164 e. The minimum Gasteiger partial charge on any atom is -0.497 e. The average Bonchev–Trinajstić information content (AvgIpc) is 2.94. The zero-order valence-corrected chi connectivity index (χ0v) is 21.9. The van der Waals surface area contributed by atoms with E-state index in [9.17, 15) is 0 Å². The van der Waals surface area contributed by atoms with Crippen LogP contribution in [0.5, 0.6) is 5.75 Å². The maximum atomic E-state index is 5.32. The summed E-state index contributed by atoms with van der Waals surface area (Å²) in [6.45, 7) is 5.00. The van der Waals surface area contributed by atoms with Gasteiger partial charge in [-0.25, -0.2) is 15.0 Å². The number of benzene rings is 3. The molecule has 0 spiro atoms. The summed E-state index contributed by atoms with van der Waals surface area (Å²) < 4.78 is 5.32. The van der Waals surface area contributed by atoms with E-state index in [1.165, 1.54) is 5.56 Å². The Morgan fingerprint density at radius 2 is 1.70 bits per heavy atom. The van der Waals surface area contributed by atoms with E-state index in [1.54, 1.807) is 25.2 Å². The molecule has 0 bridgehead atoms. The largest absolute Gasteiger partial charge is 0.497 e. The van der Waals surface area contributed by atoms with Crippen molar-refractivity contribution < 1.29 is 4.74 Å². The SMILES string of the molecule is COc1ccc(Sc2ccc(NCc3ccccc3)cc2Nc2ncnc3nc(C(C)C)ccc23)cc1. The fourth-order valence-corrected chi connectivity index (χ4v) is 4.79. The Kier molecular flexibility index (Phi) is 7.51. The Morgan fingerprint density at radius 1 is 0.892 bits per heavy atom. The molecule has 7 heteroatoms. The van der Waals surface area contributed by atoms with Crippen LogP contribution in [0.3, 0.4) is 0 Å². The highest BCUT2D eigenvalue weighted by molar-refractivity contribution is 7.99. The van der Waals surface area contributed by atoms with Crippen LogP contribution in [0.2, 0.25) is 0 Å². The fourth-order valence-electron chi connectivity index (χ4n) is 3.90. The van der Waals surface area contributed by atoms with E-state index in [2.05, 4.69) is 89.0 Å². The maximum absolute atomic E-state index is 5.32. The summed E-state index contributed by atoms with van der Waals surface area (Å²) in [7, 11) is 1.68. The second kappa shape index (κ2) is 11.3. The zero-order valence-electron chi connectivity index (χ0n) is 21.1. The number of hydrogen-bond acceptors (Lipinski definition) is 7. The van der Waals surface area contributed by atoms with Gasteiger partial charge in [-0.1, -0.05) is 55.9 Å². The van der Waals surface area contributed by atoms with Gasteiger partial charge in [0.25, 0.3) is 0 Å². The van der Waals surface area contributed by atoms with Gasteiger partial charge < -0.3 is 15.4 Å². The molecule has 2 heterocycles. The molecule has 0 saturated carbocycles. The molecule has 6 nitrogen and oxygen atoms in total. The van der Waals surface area contributed by atoms with Gasteiger partial charge in [0.05, 0.1) is 18.2 Å². The second-order valence-electron chi connectivity index (χ2n) is 8.94. The van der Waals surface area contributed by atoms with E-state index in [-0.39, 0.29) is 0 Å². The van der Waals surface area contributed by atoms with E-state index in [4.69, 9.17) is 9.72 Å². The molecule has 0 unspecified atom stereocenters. The number of ether oxygens (including phenoxy) is 1. The van der Waals surface area contributed by atoms with E-state index in [0.717, 1.165) is 50.4 Å². The number of hydrogen-bond donors (Lipinski definition) is 2. The van der Waals surface area contributed by atoms with Crippen molar-refractivity contribution in [1.82, 2.24) is 15.0 Å². The van der Waals surface area contributed by atoms with Crippen LogP contribution >= 0.6 is 11.8 Å². The van der Waals surface area contributed by atoms with Crippen LogP contribution < -0.4 is 15.4 Å². The highest BCUT2D eigenvalue weighted by Gasteiger charge is 2.12. The highest BCUT2D eigenvalue weighted by Crippen LogP contribution is 2.38. The van der Waals surface area contributed by atoms with Crippen molar-refractivity contribution in [1.29, 1.82) is 0 Å². The van der Waals surface area contributed by atoms with Crippen molar-refractivity contribution in [2.75, 3.05) is 17.7 Å². The molecule has 3 aromatic carbocycles. The Labute approximate surface area is 221 Å². The van der Waals surface area contributed by atoms with Gasteiger partial charge in [0.15, 0.2) is 5.65 Å². The van der Waals surface area contributed by atoms with Gasteiger partial charge in [0.2, 0.25) is 0 Å². The standard InChI is InChI=1S/C30H29N5OS/c1-20(2)26-15-14-25-29(34-26)32-19-33-30(25)35-27-17-22(31-18-21-7-5-4-6-8-21)9-16-28(27)37-24-12-10-23(36-3)11-13-24/h4-17,19-20,31H,18H2,1-3H3,(H,32,33,34,35). The predicted molar refractivity (Wildman–Crippen MR) is 152 cm³/mol. The molecule has 0 aliphatic heterocycles. The number of pyridine rings is 1. The van der Waals surface area contributed by atoms with E-state index >= 15 is 0 Å². The van der Waals surface area contributed by atoms with Crippen molar-refractivity contribution in [2.24, 2.45) is 0 Å². The second-order valence-corrected chi connectivity index (χ2v) is 10.1. The summed E-state index contributed by atoms with van der Waals surface area (Å²) in [6, 6.07) is 28.9. The van der Waals surface area contributed by atoms with Crippen LogP contribution in [0.1, 0.15) is 31.0 Å². The molecule has 0 aliphatic rings. The molecule has 5 aromatic rings. The minimum atomic E-state index is 0.329. The molecule has 37 heavy (non-hydrogen) atoms. The normalized spacial score (nSPS) is 11.0. The summed E-state index contributed by atoms with van der Waals surface area (Å²) in [6.07, 6.45) is 1.57. The van der Waals surface area contributed by atoms with Crippen LogP contribution in [0.25, 0.3) is 11.0 Å². The van der Waals surface area contributed by atoms with E-state index < -0.39 is 0 Å². The monoisotopic (exact) mass is 507 g/mol. The van der Waals surface area contributed by atoms with Gasteiger partial charge in [-0.15, -0.1) is 0 Å². The van der Waals surface area contributed by atoms with Crippen molar-refractivity contribution in [3.05, 3.63) is 103 Å². The molecule has 0 atom stereocenters. The first-order valence-electron chi connectivity index (χ1n) is 12.2. The Balaban J connectivity index is 1.47. The van der Waals surface area contributed by atoms with Crippen molar-refractivity contribution in [3.8, 4) is 5.75 Å². The molecule has 0 saturated heterocycles. The van der Waals surface area contributed by atoms with Gasteiger partial charge >= 0.3 is 0 Å². The molecular weight excluding hydrogens is 478 g/mol.